The van der Waals surface area contributed by atoms with Crippen molar-refractivity contribution in [3.8, 4) is 0 Å². The van der Waals surface area contributed by atoms with Crippen LogP contribution < -0.4 is 0 Å². The van der Waals surface area contributed by atoms with Crippen LogP contribution >= 0.6 is 34.8 Å². The number of nitrogens with zero attached hydrogens (tertiary/aromatic N) is 3. The van der Waals surface area contributed by atoms with Gasteiger partial charge < -0.3 is 4.90 Å². The Kier molecular flexibility index (Phi) is 8.06. The van der Waals surface area contributed by atoms with Gasteiger partial charge in [0.15, 0.2) is 0 Å². The van der Waals surface area contributed by atoms with Crippen LogP contribution in [0.1, 0.15) is 35.2 Å². The molecule has 0 atom stereocenters. The Labute approximate surface area is 214 Å². The zero-order chi connectivity index (χ0) is 24.5. The summed E-state index contributed by atoms with van der Waals surface area (Å²) in [6, 6.07) is 6.96. The van der Waals surface area contributed by atoms with Gasteiger partial charge in [-0.15, -0.1) is 0 Å². The van der Waals surface area contributed by atoms with Crippen molar-refractivity contribution in [1.82, 2.24) is 14.1 Å². The fourth-order valence-corrected chi connectivity index (χ4v) is 6.88. The van der Waals surface area contributed by atoms with E-state index in [-0.39, 0.29) is 32.2 Å². The van der Waals surface area contributed by atoms with E-state index < -0.39 is 10.0 Å². The molecule has 11 heteroatoms. The molecule has 4 rings (SSSR count). The predicted molar refractivity (Wildman–Crippen MR) is 132 cm³/mol. The van der Waals surface area contributed by atoms with E-state index in [2.05, 4.69) is 4.90 Å². The molecule has 2 aromatic carbocycles. The number of piperidine rings is 1. The van der Waals surface area contributed by atoms with Gasteiger partial charge in [0.25, 0.3) is 5.91 Å². The molecule has 0 saturated carbocycles. The number of piperazine rings is 1. The first-order valence-corrected chi connectivity index (χ1v) is 13.7. The number of halogens is 4. The third-order valence-corrected chi connectivity index (χ3v) is 9.28. The molecule has 2 aliphatic heterocycles. The molecule has 2 heterocycles. The minimum absolute atomic E-state index is 0.00752. The van der Waals surface area contributed by atoms with E-state index >= 15 is 0 Å². The zero-order valence-corrected chi connectivity index (χ0v) is 21.5. The Morgan fingerprint density at radius 3 is 2.18 bits per heavy atom. The van der Waals surface area contributed by atoms with Gasteiger partial charge >= 0.3 is 0 Å². The molecule has 2 aromatic rings. The topological polar surface area (TPSA) is 60.9 Å². The second-order valence-corrected chi connectivity index (χ2v) is 11.7. The van der Waals surface area contributed by atoms with Crippen LogP contribution in [0.25, 0.3) is 0 Å². The van der Waals surface area contributed by atoms with Gasteiger partial charge in [0, 0.05) is 50.8 Å². The third kappa shape index (κ3) is 5.53. The third-order valence-electron chi connectivity index (χ3n) is 6.25. The summed E-state index contributed by atoms with van der Waals surface area (Å²) < 4.78 is 41.0. The SMILES string of the molecule is O=C(c1cc(S(=O)(=O)N2CCCCC2)c(Cl)cc1Cl)N1CCN(Cc2ccc(F)cc2Cl)CC1. The maximum atomic E-state index is 13.3. The number of amides is 1. The summed E-state index contributed by atoms with van der Waals surface area (Å²) in [7, 11) is -3.82. The summed E-state index contributed by atoms with van der Waals surface area (Å²) in [5, 5.41) is 0.495. The molecule has 184 valence electrons. The van der Waals surface area contributed by atoms with Gasteiger partial charge in [-0.3, -0.25) is 9.69 Å². The first kappa shape index (κ1) is 25.7. The zero-order valence-electron chi connectivity index (χ0n) is 18.4. The molecule has 2 saturated heterocycles. The minimum Gasteiger partial charge on any atom is -0.336 e. The van der Waals surface area contributed by atoms with Crippen molar-refractivity contribution in [1.29, 1.82) is 0 Å². The van der Waals surface area contributed by atoms with Crippen molar-refractivity contribution in [2.24, 2.45) is 0 Å². The fourth-order valence-electron chi connectivity index (χ4n) is 4.31. The van der Waals surface area contributed by atoms with Crippen LogP contribution in [-0.2, 0) is 16.6 Å². The molecule has 0 aliphatic carbocycles. The van der Waals surface area contributed by atoms with Crippen molar-refractivity contribution >= 4 is 50.7 Å². The van der Waals surface area contributed by atoms with Crippen LogP contribution in [-0.4, -0.2) is 67.7 Å². The Morgan fingerprint density at radius 1 is 0.853 bits per heavy atom. The van der Waals surface area contributed by atoms with Crippen molar-refractivity contribution < 1.29 is 17.6 Å². The molecule has 0 unspecified atom stereocenters. The van der Waals surface area contributed by atoms with Gasteiger partial charge in [-0.25, -0.2) is 12.8 Å². The number of rotatable bonds is 5. The molecule has 0 aromatic heterocycles. The van der Waals surface area contributed by atoms with Gasteiger partial charge in [0.1, 0.15) is 10.7 Å². The van der Waals surface area contributed by atoms with Gasteiger partial charge in [-0.05, 0) is 42.7 Å². The highest BCUT2D eigenvalue weighted by Crippen LogP contribution is 2.32. The number of sulfonamides is 1. The van der Waals surface area contributed by atoms with Crippen LogP contribution in [0.4, 0.5) is 4.39 Å². The van der Waals surface area contributed by atoms with E-state index in [0.29, 0.717) is 50.8 Å². The molecule has 1 amide bonds. The maximum absolute atomic E-state index is 13.3. The van der Waals surface area contributed by atoms with Crippen molar-refractivity contribution in [2.75, 3.05) is 39.3 Å². The molecular formula is C23H25Cl3FN3O3S. The van der Waals surface area contributed by atoms with Crippen LogP contribution in [0.3, 0.4) is 0 Å². The average Bonchev–Trinajstić information content (AvgIpc) is 2.81. The van der Waals surface area contributed by atoms with E-state index in [4.69, 9.17) is 34.8 Å². The van der Waals surface area contributed by atoms with E-state index in [1.165, 1.54) is 28.6 Å². The lowest BCUT2D eigenvalue weighted by Gasteiger charge is -2.35. The normalized spacial score (nSPS) is 18.3. The Morgan fingerprint density at radius 2 is 1.53 bits per heavy atom. The molecule has 34 heavy (non-hydrogen) atoms. The number of carbonyl (C=O) groups is 1. The van der Waals surface area contributed by atoms with Crippen LogP contribution in [0.15, 0.2) is 35.2 Å². The lowest BCUT2D eigenvalue weighted by atomic mass is 10.1. The molecular weight excluding hydrogens is 524 g/mol. The van der Waals surface area contributed by atoms with E-state index in [1.54, 1.807) is 11.0 Å². The van der Waals surface area contributed by atoms with Crippen LogP contribution in [0.2, 0.25) is 15.1 Å². The second-order valence-electron chi connectivity index (χ2n) is 8.53. The predicted octanol–water partition coefficient (Wildman–Crippen LogP) is 4.92. The van der Waals surface area contributed by atoms with E-state index in [9.17, 15) is 17.6 Å². The number of hydrogen-bond acceptors (Lipinski definition) is 4. The number of benzene rings is 2. The highest BCUT2D eigenvalue weighted by Gasteiger charge is 2.31. The Hall–Kier alpha value is -1.42. The first-order chi connectivity index (χ1) is 16.2. The smallest absolute Gasteiger partial charge is 0.255 e. The van der Waals surface area contributed by atoms with Crippen molar-refractivity contribution in [3.63, 3.8) is 0 Å². The van der Waals surface area contributed by atoms with Gasteiger partial charge in [0.2, 0.25) is 10.0 Å². The van der Waals surface area contributed by atoms with Crippen LogP contribution in [0.5, 0.6) is 0 Å². The summed E-state index contributed by atoms with van der Waals surface area (Å²) in [5.41, 5.74) is 0.938. The molecule has 2 aliphatic rings. The molecule has 2 fully saturated rings. The van der Waals surface area contributed by atoms with E-state index in [0.717, 1.165) is 24.8 Å². The standard InChI is InChI=1S/C23H25Cl3FN3O3S/c24-19-12-17(27)5-4-16(19)15-28-8-10-29(11-9-28)23(31)18-13-22(21(26)14-20(18)25)34(32,33)30-6-2-1-3-7-30/h4-5,12-14H,1-3,6-11,15H2. The van der Waals surface area contributed by atoms with Gasteiger partial charge in [-0.2, -0.15) is 4.31 Å². The second kappa shape index (κ2) is 10.7. The monoisotopic (exact) mass is 547 g/mol. The quantitative estimate of drug-likeness (QED) is 0.532. The maximum Gasteiger partial charge on any atom is 0.255 e. The highest BCUT2D eigenvalue weighted by molar-refractivity contribution is 7.89. The molecule has 0 radical (unpaired) electrons. The van der Waals surface area contributed by atoms with Gasteiger partial charge in [-0.1, -0.05) is 47.3 Å². The summed E-state index contributed by atoms with van der Waals surface area (Å²) in [5.74, 6) is -0.720. The van der Waals surface area contributed by atoms with Crippen molar-refractivity contribution in [2.45, 2.75) is 30.7 Å². The van der Waals surface area contributed by atoms with Crippen molar-refractivity contribution in [3.05, 3.63) is 62.3 Å². The lowest BCUT2D eigenvalue weighted by Crippen LogP contribution is -2.48. The number of hydrogen-bond donors (Lipinski definition) is 0. The molecule has 0 spiro atoms. The average molecular weight is 549 g/mol. The largest absolute Gasteiger partial charge is 0.336 e. The number of carbonyl (C=O) groups excluding carboxylic acids is 1. The lowest BCUT2D eigenvalue weighted by molar-refractivity contribution is 0.0628. The summed E-state index contributed by atoms with van der Waals surface area (Å²) >= 11 is 18.7. The molecule has 6 nitrogen and oxygen atoms in total. The van der Waals surface area contributed by atoms with E-state index in [1.807, 2.05) is 0 Å². The molecule has 0 N–H and O–H groups in total. The highest BCUT2D eigenvalue weighted by atomic mass is 35.5. The Bertz CT molecular complexity index is 1180. The summed E-state index contributed by atoms with van der Waals surface area (Å²) in [6.45, 7) is 3.46. The summed E-state index contributed by atoms with van der Waals surface area (Å²) in [4.78, 5) is 16.9. The minimum atomic E-state index is -3.82. The van der Waals surface area contributed by atoms with Gasteiger partial charge in [0.05, 0.1) is 15.6 Å². The Balaban J connectivity index is 1.47. The summed E-state index contributed by atoms with van der Waals surface area (Å²) in [6.07, 6.45) is 2.58. The first-order valence-electron chi connectivity index (χ1n) is 11.1. The molecule has 0 bridgehead atoms. The fraction of sp³-hybridized carbons (Fsp3) is 0.435. The van der Waals surface area contributed by atoms with Crippen LogP contribution in [0, 0.1) is 5.82 Å².